The first-order valence-electron chi connectivity index (χ1n) is 4.63. The molecule has 0 saturated heterocycles. The lowest BCUT2D eigenvalue weighted by atomic mass is 10.2. The van der Waals surface area contributed by atoms with Gasteiger partial charge in [0.1, 0.15) is 12.2 Å². The summed E-state index contributed by atoms with van der Waals surface area (Å²) in [5, 5.41) is 8.13. The summed E-state index contributed by atoms with van der Waals surface area (Å²) in [4.78, 5) is 6.05. The summed E-state index contributed by atoms with van der Waals surface area (Å²) in [5.41, 5.74) is 7.09. The van der Waals surface area contributed by atoms with E-state index in [4.69, 9.17) is 11.1 Å². The number of hydrogen-bond donors (Lipinski definition) is 2. The molecule has 5 nitrogen and oxygen atoms in total. The van der Waals surface area contributed by atoms with Crippen molar-refractivity contribution in [2.45, 2.75) is 0 Å². The average Bonchev–Trinajstić information content (AvgIpc) is 2.81. The molecule has 0 fully saturated rings. The topological polar surface area (TPSA) is 78.9 Å². The van der Waals surface area contributed by atoms with Crippen LogP contribution in [0.2, 0.25) is 0 Å². The molecule has 2 aromatic rings. The third-order valence-corrected chi connectivity index (χ3v) is 2.94. The van der Waals surface area contributed by atoms with Gasteiger partial charge in [0.05, 0.1) is 0 Å². The van der Waals surface area contributed by atoms with Crippen molar-refractivity contribution in [1.82, 2.24) is 9.36 Å². The number of nitrogens with one attached hydrogen (secondary N) is 1. The van der Waals surface area contributed by atoms with Crippen molar-refractivity contribution in [2.24, 2.45) is 5.73 Å². The number of hydrogen-bond acceptors (Lipinski definition) is 5. The molecule has 0 bridgehead atoms. The van der Waals surface area contributed by atoms with E-state index in [0.29, 0.717) is 0 Å². The fourth-order valence-electron chi connectivity index (χ4n) is 1.29. The van der Waals surface area contributed by atoms with Crippen LogP contribution >= 0.6 is 11.5 Å². The quantitative estimate of drug-likeness (QED) is 0.623. The number of nitrogens with two attached hydrogens (primary N) is 1. The average molecular weight is 233 g/mol. The summed E-state index contributed by atoms with van der Waals surface area (Å²) in [5.74, 6) is 0.0742. The fraction of sp³-hybridized carbons (Fsp3) is 0.100. The Morgan fingerprint density at radius 3 is 2.56 bits per heavy atom. The Bertz CT molecular complexity index is 476. The lowest BCUT2D eigenvalue weighted by Crippen LogP contribution is -2.12. The second-order valence-corrected chi connectivity index (χ2v) is 4.00. The highest BCUT2D eigenvalue weighted by molar-refractivity contribution is 7.09. The summed E-state index contributed by atoms with van der Waals surface area (Å²) < 4.78 is 3.95. The summed E-state index contributed by atoms with van der Waals surface area (Å²) in [6, 6.07) is 7.43. The van der Waals surface area contributed by atoms with Gasteiger partial charge in [-0.25, -0.2) is 4.98 Å². The van der Waals surface area contributed by atoms with Gasteiger partial charge in [-0.05, 0) is 24.3 Å². The predicted octanol–water partition coefficient (Wildman–Crippen LogP) is 1.59. The molecule has 0 amide bonds. The predicted molar refractivity (Wildman–Crippen MR) is 65.4 cm³/mol. The molecule has 1 heterocycles. The summed E-state index contributed by atoms with van der Waals surface area (Å²) in [6.07, 6.45) is 1.53. The Hall–Kier alpha value is -1.95. The Morgan fingerprint density at radius 1 is 1.38 bits per heavy atom. The van der Waals surface area contributed by atoms with Gasteiger partial charge in [0, 0.05) is 29.8 Å². The molecule has 0 atom stereocenters. The van der Waals surface area contributed by atoms with Crippen molar-refractivity contribution < 1.29 is 0 Å². The first-order chi connectivity index (χ1) is 7.68. The zero-order valence-corrected chi connectivity index (χ0v) is 9.53. The van der Waals surface area contributed by atoms with Crippen molar-refractivity contribution in [2.75, 3.05) is 11.9 Å². The van der Waals surface area contributed by atoms with E-state index in [0.717, 1.165) is 16.4 Å². The third-order valence-electron chi connectivity index (χ3n) is 2.20. The van der Waals surface area contributed by atoms with Crippen LogP contribution in [0.15, 0.2) is 30.6 Å². The minimum atomic E-state index is 0.0742. The third kappa shape index (κ3) is 2.01. The fourth-order valence-corrected chi connectivity index (χ4v) is 1.80. The molecule has 1 aromatic heterocycles. The van der Waals surface area contributed by atoms with E-state index in [9.17, 15) is 0 Å². The molecule has 0 aliphatic carbocycles. The summed E-state index contributed by atoms with van der Waals surface area (Å²) >= 11 is 1.33. The van der Waals surface area contributed by atoms with Crippen LogP contribution in [0.1, 0.15) is 5.56 Å². The normalized spacial score (nSPS) is 10.1. The molecule has 16 heavy (non-hydrogen) atoms. The number of anilines is 2. The van der Waals surface area contributed by atoms with E-state index in [1.807, 2.05) is 36.2 Å². The second kappa shape index (κ2) is 4.28. The van der Waals surface area contributed by atoms with E-state index < -0.39 is 0 Å². The van der Waals surface area contributed by atoms with E-state index in [2.05, 4.69) is 9.36 Å². The zero-order valence-electron chi connectivity index (χ0n) is 8.71. The number of amidine groups is 1. The summed E-state index contributed by atoms with van der Waals surface area (Å²) in [7, 11) is 1.92. The van der Waals surface area contributed by atoms with Crippen molar-refractivity contribution in [3.8, 4) is 0 Å². The maximum Gasteiger partial charge on any atom is 0.209 e. The molecule has 1 aromatic carbocycles. The van der Waals surface area contributed by atoms with E-state index in [1.54, 1.807) is 0 Å². The molecule has 0 aliphatic rings. The molecule has 0 unspecified atom stereocenters. The molecule has 82 valence electrons. The maximum absolute atomic E-state index is 7.30. The number of aromatic nitrogens is 2. The Balaban J connectivity index is 2.25. The van der Waals surface area contributed by atoms with E-state index in [1.165, 1.54) is 17.9 Å². The molecule has 0 radical (unpaired) electrons. The van der Waals surface area contributed by atoms with Gasteiger partial charge in [0.15, 0.2) is 0 Å². The SMILES string of the molecule is CN(c1ccc(C(=N)N)cc1)c1ncns1. The van der Waals surface area contributed by atoms with Gasteiger partial charge in [0.2, 0.25) is 5.13 Å². The van der Waals surface area contributed by atoms with Gasteiger partial charge in [-0.15, -0.1) is 0 Å². The standard InChI is InChI=1S/C10H11N5S/c1-15(10-13-6-14-16-10)8-4-2-7(3-5-8)9(11)12/h2-6H,1H3,(H3,11,12). The monoisotopic (exact) mass is 233 g/mol. The number of rotatable bonds is 3. The maximum atomic E-state index is 7.30. The molecule has 0 aliphatic heterocycles. The minimum Gasteiger partial charge on any atom is -0.384 e. The second-order valence-electron chi connectivity index (χ2n) is 3.24. The van der Waals surface area contributed by atoms with Crippen molar-refractivity contribution >= 4 is 28.2 Å². The lowest BCUT2D eigenvalue weighted by Gasteiger charge is -2.15. The largest absolute Gasteiger partial charge is 0.384 e. The lowest BCUT2D eigenvalue weighted by molar-refractivity contribution is 1.16. The molecule has 6 heteroatoms. The van der Waals surface area contributed by atoms with Gasteiger partial charge in [-0.2, -0.15) is 4.37 Å². The van der Waals surface area contributed by atoms with E-state index in [-0.39, 0.29) is 5.84 Å². The first kappa shape index (κ1) is 10.6. The number of nitrogen functional groups attached to an aromatic ring is 1. The molecule has 2 rings (SSSR count). The number of nitrogens with zero attached hydrogens (tertiary/aromatic N) is 3. The Morgan fingerprint density at radius 2 is 2.06 bits per heavy atom. The highest BCUT2D eigenvalue weighted by Gasteiger charge is 2.06. The van der Waals surface area contributed by atoms with Crippen LogP contribution in [0.25, 0.3) is 0 Å². The first-order valence-corrected chi connectivity index (χ1v) is 5.40. The Labute approximate surface area is 97.2 Å². The zero-order chi connectivity index (χ0) is 11.5. The van der Waals surface area contributed by atoms with Crippen molar-refractivity contribution in [1.29, 1.82) is 5.41 Å². The van der Waals surface area contributed by atoms with Crippen LogP contribution in [0.3, 0.4) is 0 Å². The van der Waals surface area contributed by atoms with Gasteiger partial charge < -0.3 is 10.6 Å². The van der Waals surface area contributed by atoms with Gasteiger partial charge in [-0.3, -0.25) is 5.41 Å². The van der Waals surface area contributed by atoms with Gasteiger partial charge >= 0.3 is 0 Å². The van der Waals surface area contributed by atoms with Crippen LogP contribution in [0.5, 0.6) is 0 Å². The number of benzene rings is 1. The minimum absolute atomic E-state index is 0.0742. The highest BCUT2D eigenvalue weighted by atomic mass is 32.1. The molecule has 3 N–H and O–H groups in total. The van der Waals surface area contributed by atoms with Crippen molar-refractivity contribution in [3.63, 3.8) is 0 Å². The van der Waals surface area contributed by atoms with E-state index >= 15 is 0 Å². The Kier molecular flexibility index (Phi) is 2.82. The molecule has 0 saturated carbocycles. The van der Waals surface area contributed by atoms with Crippen LogP contribution < -0.4 is 10.6 Å². The van der Waals surface area contributed by atoms with Crippen molar-refractivity contribution in [3.05, 3.63) is 36.2 Å². The highest BCUT2D eigenvalue weighted by Crippen LogP contribution is 2.23. The van der Waals surface area contributed by atoms with Crippen LogP contribution in [0.4, 0.5) is 10.8 Å². The van der Waals surface area contributed by atoms with Gasteiger partial charge in [0.25, 0.3) is 0 Å². The molecular weight excluding hydrogens is 222 g/mol. The molecule has 0 spiro atoms. The summed E-state index contributed by atoms with van der Waals surface area (Å²) in [6.45, 7) is 0. The smallest absolute Gasteiger partial charge is 0.209 e. The van der Waals surface area contributed by atoms with Crippen LogP contribution in [-0.2, 0) is 0 Å². The molecular formula is C10H11N5S. The van der Waals surface area contributed by atoms with Crippen LogP contribution in [-0.4, -0.2) is 22.2 Å². The van der Waals surface area contributed by atoms with Gasteiger partial charge in [-0.1, -0.05) is 0 Å². The van der Waals surface area contributed by atoms with Crippen LogP contribution in [0, 0.1) is 5.41 Å².